The predicted molar refractivity (Wildman–Crippen MR) is 89.2 cm³/mol. The Kier molecular flexibility index (Phi) is 6.81. The van der Waals surface area contributed by atoms with Gasteiger partial charge in [0.1, 0.15) is 0 Å². The van der Waals surface area contributed by atoms with Crippen LogP contribution < -0.4 is 5.32 Å². The van der Waals surface area contributed by atoms with E-state index >= 15 is 0 Å². The second kappa shape index (κ2) is 8.88. The third-order valence-corrected chi connectivity index (χ3v) is 4.30. The highest BCUT2D eigenvalue weighted by atomic mass is 19.4. The van der Waals surface area contributed by atoms with Crippen LogP contribution in [0.25, 0.3) is 0 Å². The van der Waals surface area contributed by atoms with Crippen molar-refractivity contribution in [3.05, 3.63) is 35.4 Å². The number of rotatable bonds is 7. The minimum atomic E-state index is -4.45. The van der Waals surface area contributed by atoms with Crippen molar-refractivity contribution in [1.29, 1.82) is 0 Å². The van der Waals surface area contributed by atoms with E-state index in [1.165, 1.54) is 24.1 Å². The van der Waals surface area contributed by atoms with Gasteiger partial charge in [-0.05, 0) is 24.1 Å². The molecule has 0 bridgehead atoms. The highest BCUT2D eigenvalue weighted by Gasteiger charge is 2.35. The molecule has 0 spiro atoms. The molecule has 2 rings (SSSR count). The summed E-state index contributed by atoms with van der Waals surface area (Å²) in [7, 11) is 1.28. The van der Waals surface area contributed by atoms with Gasteiger partial charge in [-0.1, -0.05) is 12.1 Å². The van der Waals surface area contributed by atoms with E-state index in [0.29, 0.717) is 12.0 Å². The first-order chi connectivity index (χ1) is 12.7. The molecule has 1 fully saturated rings. The van der Waals surface area contributed by atoms with E-state index in [-0.39, 0.29) is 50.3 Å². The summed E-state index contributed by atoms with van der Waals surface area (Å²) in [6.07, 6.45) is -3.82. The summed E-state index contributed by atoms with van der Waals surface area (Å²) >= 11 is 0. The summed E-state index contributed by atoms with van der Waals surface area (Å²) in [4.78, 5) is 36.6. The Morgan fingerprint density at radius 3 is 2.74 bits per heavy atom. The molecule has 6 nitrogen and oxygen atoms in total. The maximum atomic E-state index is 12.8. The number of carbonyl (C=O) groups excluding carboxylic acids is 3. The molecule has 9 heteroatoms. The number of alkyl halides is 3. The number of hydrogen-bond donors (Lipinski definition) is 1. The van der Waals surface area contributed by atoms with Crippen LogP contribution in [0.5, 0.6) is 0 Å². The Bertz CT molecular complexity index is 706. The summed E-state index contributed by atoms with van der Waals surface area (Å²) in [5.74, 6) is -1.50. The second-order valence-corrected chi connectivity index (χ2v) is 6.34. The molecule has 1 atom stereocenters. The van der Waals surface area contributed by atoms with Gasteiger partial charge in [0.05, 0.1) is 18.6 Å². The number of likely N-dealkylation sites (tertiary alicyclic amines) is 1. The standard InChI is InChI=1S/C18H21F3N2O4/c1-27-16(25)6-3-7-22-17(26)13-9-15(24)23(11-13)10-12-4-2-5-14(8-12)18(19,20)21/h2,4-5,8,13H,3,6-7,9-11H2,1H3,(H,22,26)/t13-/m1/s1. The average molecular weight is 386 g/mol. The van der Waals surface area contributed by atoms with E-state index in [2.05, 4.69) is 10.1 Å². The van der Waals surface area contributed by atoms with E-state index in [1.54, 1.807) is 0 Å². The van der Waals surface area contributed by atoms with E-state index in [1.807, 2.05) is 0 Å². The minimum absolute atomic E-state index is 0.0157. The lowest BCUT2D eigenvalue weighted by Gasteiger charge is -2.17. The fraction of sp³-hybridized carbons (Fsp3) is 0.500. The smallest absolute Gasteiger partial charge is 0.416 e. The largest absolute Gasteiger partial charge is 0.469 e. The lowest BCUT2D eigenvalue weighted by atomic mass is 10.1. The Morgan fingerprint density at radius 2 is 2.07 bits per heavy atom. The Morgan fingerprint density at radius 1 is 1.33 bits per heavy atom. The van der Waals surface area contributed by atoms with Crippen LogP contribution in [0.4, 0.5) is 13.2 Å². The van der Waals surface area contributed by atoms with E-state index in [0.717, 1.165) is 12.1 Å². The highest BCUT2D eigenvalue weighted by molar-refractivity contribution is 5.89. The minimum Gasteiger partial charge on any atom is -0.469 e. The molecular weight excluding hydrogens is 365 g/mol. The van der Waals surface area contributed by atoms with Crippen molar-refractivity contribution >= 4 is 17.8 Å². The summed E-state index contributed by atoms with van der Waals surface area (Å²) in [5, 5.41) is 2.66. The molecule has 0 aliphatic carbocycles. The van der Waals surface area contributed by atoms with Crippen molar-refractivity contribution in [3.8, 4) is 0 Å². The van der Waals surface area contributed by atoms with Crippen molar-refractivity contribution in [3.63, 3.8) is 0 Å². The fourth-order valence-electron chi connectivity index (χ4n) is 2.86. The molecule has 27 heavy (non-hydrogen) atoms. The fourth-order valence-corrected chi connectivity index (χ4v) is 2.86. The van der Waals surface area contributed by atoms with Gasteiger partial charge < -0.3 is 15.0 Å². The number of esters is 1. The van der Waals surface area contributed by atoms with E-state index < -0.39 is 17.7 Å². The van der Waals surface area contributed by atoms with Gasteiger partial charge in [0.25, 0.3) is 0 Å². The SMILES string of the molecule is COC(=O)CCCNC(=O)[C@@H]1CC(=O)N(Cc2cccc(C(F)(F)F)c2)C1. The molecule has 2 amide bonds. The molecule has 1 saturated heterocycles. The van der Waals surface area contributed by atoms with Gasteiger partial charge in [-0.3, -0.25) is 14.4 Å². The number of halogens is 3. The van der Waals surface area contributed by atoms with Crippen LogP contribution in [0.3, 0.4) is 0 Å². The van der Waals surface area contributed by atoms with Crippen LogP contribution in [0, 0.1) is 5.92 Å². The van der Waals surface area contributed by atoms with Crippen molar-refractivity contribution in [2.24, 2.45) is 5.92 Å². The van der Waals surface area contributed by atoms with E-state index in [4.69, 9.17) is 0 Å². The van der Waals surface area contributed by atoms with Crippen molar-refractivity contribution in [2.45, 2.75) is 32.0 Å². The molecule has 0 saturated carbocycles. The van der Waals surface area contributed by atoms with Crippen LogP contribution in [-0.2, 0) is 31.8 Å². The lowest BCUT2D eigenvalue weighted by molar-refractivity contribution is -0.141. The molecule has 1 heterocycles. The Balaban J connectivity index is 1.86. The third kappa shape index (κ3) is 5.97. The lowest BCUT2D eigenvalue weighted by Crippen LogP contribution is -2.33. The van der Waals surface area contributed by atoms with Gasteiger partial charge in [0.2, 0.25) is 11.8 Å². The van der Waals surface area contributed by atoms with Gasteiger partial charge in [-0.25, -0.2) is 0 Å². The molecular formula is C18H21F3N2O4. The number of benzene rings is 1. The first kappa shape index (κ1) is 20.7. The number of ether oxygens (including phenoxy) is 1. The highest BCUT2D eigenvalue weighted by Crippen LogP contribution is 2.30. The summed E-state index contributed by atoms with van der Waals surface area (Å²) in [5.41, 5.74) is -0.413. The second-order valence-electron chi connectivity index (χ2n) is 6.34. The third-order valence-electron chi connectivity index (χ3n) is 4.30. The number of nitrogens with one attached hydrogen (secondary N) is 1. The zero-order chi connectivity index (χ0) is 20.0. The molecule has 1 aromatic carbocycles. The number of amides is 2. The monoisotopic (exact) mass is 386 g/mol. The van der Waals surface area contributed by atoms with Crippen molar-refractivity contribution in [2.75, 3.05) is 20.2 Å². The van der Waals surface area contributed by atoms with Crippen LogP contribution in [0.2, 0.25) is 0 Å². The van der Waals surface area contributed by atoms with Crippen molar-refractivity contribution < 1.29 is 32.3 Å². The molecule has 1 aromatic rings. The first-order valence-electron chi connectivity index (χ1n) is 8.49. The summed E-state index contributed by atoms with van der Waals surface area (Å²) < 4.78 is 42.8. The molecule has 148 valence electrons. The van der Waals surface area contributed by atoms with Crippen molar-refractivity contribution in [1.82, 2.24) is 10.2 Å². The van der Waals surface area contributed by atoms with E-state index in [9.17, 15) is 27.6 Å². The van der Waals surface area contributed by atoms with Gasteiger partial charge in [-0.15, -0.1) is 0 Å². The topological polar surface area (TPSA) is 75.7 Å². The Hall–Kier alpha value is -2.58. The molecule has 1 aliphatic heterocycles. The molecule has 0 radical (unpaired) electrons. The zero-order valence-electron chi connectivity index (χ0n) is 14.8. The average Bonchev–Trinajstić information content (AvgIpc) is 2.98. The normalized spacial score (nSPS) is 17.1. The number of nitrogens with zero attached hydrogens (tertiary/aromatic N) is 1. The number of hydrogen-bond acceptors (Lipinski definition) is 4. The van der Waals surface area contributed by atoms with Gasteiger partial charge in [0.15, 0.2) is 0 Å². The molecule has 0 unspecified atom stereocenters. The van der Waals surface area contributed by atoms with Crippen LogP contribution >= 0.6 is 0 Å². The van der Waals surface area contributed by atoms with Gasteiger partial charge in [-0.2, -0.15) is 13.2 Å². The summed E-state index contributed by atoms with van der Waals surface area (Å²) in [6, 6.07) is 4.79. The molecule has 1 aliphatic rings. The number of carbonyl (C=O) groups is 3. The molecule has 1 N–H and O–H groups in total. The Labute approximate surface area is 154 Å². The summed E-state index contributed by atoms with van der Waals surface area (Å²) in [6.45, 7) is 0.457. The van der Waals surface area contributed by atoms with Gasteiger partial charge >= 0.3 is 12.1 Å². The number of methoxy groups -OCH3 is 1. The zero-order valence-corrected chi connectivity index (χ0v) is 14.8. The molecule has 0 aromatic heterocycles. The van der Waals surface area contributed by atoms with Gasteiger partial charge in [0, 0.05) is 32.5 Å². The maximum Gasteiger partial charge on any atom is 0.416 e. The van der Waals surface area contributed by atoms with Crippen LogP contribution in [0.15, 0.2) is 24.3 Å². The first-order valence-corrected chi connectivity index (χ1v) is 8.49. The maximum absolute atomic E-state index is 12.8. The van der Waals surface area contributed by atoms with Crippen LogP contribution in [-0.4, -0.2) is 42.9 Å². The quantitative estimate of drug-likeness (QED) is 0.575. The predicted octanol–water partition coefficient (Wildman–Crippen LogP) is 2.12. The van der Waals surface area contributed by atoms with Crippen LogP contribution in [0.1, 0.15) is 30.4 Å².